The average molecular weight is 469 g/mol. The molecule has 6 nitrogen and oxygen atoms in total. The molecule has 8 heteroatoms. The molecule has 0 unspecified atom stereocenters. The van der Waals surface area contributed by atoms with Crippen LogP contribution in [0.2, 0.25) is 5.02 Å². The van der Waals surface area contributed by atoms with Gasteiger partial charge in [-0.3, -0.25) is 9.59 Å². The van der Waals surface area contributed by atoms with Crippen molar-refractivity contribution in [3.63, 3.8) is 0 Å². The van der Waals surface area contributed by atoms with E-state index in [1.54, 1.807) is 42.5 Å². The molecule has 0 bridgehead atoms. The molecule has 0 saturated carbocycles. The highest BCUT2D eigenvalue weighted by atomic mass is 35.5. The number of hydrogen-bond donors (Lipinski definition) is 1. The third-order valence-corrected chi connectivity index (χ3v) is 6.13. The summed E-state index contributed by atoms with van der Waals surface area (Å²) >= 11 is 7.51. The molecule has 0 saturated heterocycles. The summed E-state index contributed by atoms with van der Waals surface area (Å²) in [7, 11) is 0. The fourth-order valence-electron chi connectivity index (χ4n) is 3.17. The van der Waals surface area contributed by atoms with Crippen LogP contribution in [0.15, 0.2) is 72.4 Å². The van der Waals surface area contributed by atoms with Crippen molar-refractivity contribution in [2.45, 2.75) is 31.6 Å². The van der Waals surface area contributed by atoms with Crippen molar-refractivity contribution in [1.82, 2.24) is 20.1 Å². The van der Waals surface area contributed by atoms with Gasteiger partial charge in [-0.1, -0.05) is 85.8 Å². The molecule has 1 heterocycles. The van der Waals surface area contributed by atoms with Crippen molar-refractivity contribution in [3.05, 3.63) is 89.2 Å². The second kappa shape index (κ2) is 11.1. The molecule has 0 fully saturated rings. The van der Waals surface area contributed by atoms with Crippen LogP contribution in [0.1, 0.15) is 46.4 Å². The third kappa shape index (κ3) is 5.66. The molecule has 1 aromatic heterocycles. The van der Waals surface area contributed by atoms with E-state index in [1.807, 2.05) is 36.6 Å². The maximum atomic E-state index is 12.9. The Kier molecular flexibility index (Phi) is 8.25. The number of hydrogen-bond acceptors (Lipinski definition) is 5. The lowest BCUT2D eigenvalue weighted by molar-refractivity contribution is 0.0921. The van der Waals surface area contributed by atoms with Crippen LogP contribution in [-0.4, -0.2) is 32.2 Å². The summed E-state index contributed by atoms with van der Waals surface area (Å²) in [5.41, 5.74) is 1.06. The Morgan fingerprint density at radius 1 is 1.12 bits per heavy atom. The lowest BCUT2D eigenvalue weighted by Crippen LogP contribution is -2.34. The topological polar surface area (TPSA) is 76.9 Å². The third-order valence-electron chi connectivity index (χ3n) is 4.84. The normalized spacial score (nSPS) is 11.9. The van der Waals surface area contributed by atoms with Gasteiger partial charge in [-0.05, 0) is 18.1 Å². The van der Waals surface area contributed by atoms with Crippen LogP contribution < -0.4 is 5.32 Å². The van der Waals surface area contributed by atoms with Crippen molar-refractivity contribution in [3.8, 4) is 0 Å². The minimum Gasteiger partial charge on any atom is -0.342 e. The molecule has 0 aliphatic heterocycles. The zero-order valence-electron chi connectivity index (χ0n) is 18.0. The van der Waals surface area contributed by atoms with Gasteiger partial charge in [0.2, 0.25) is 0 Å². The molecule has 1 N–H and O–H groups in total. The van der Waals surface area contributed by atoms with Gasteiger partial charge < -0.3 is 9.88 Å². The minimum absolute atomic E-state index is 0.0118. The van der Waals surface area contributed by atoms with Gasteiger partial charge in [0.25, 0.3) is 5.91 Å². The summed E-state index contributed by atoms with van der Waals surface area (Å²) in [6, 6.07) is 15.6. The summed E-state index contributed by atoms with van der Waals surface area (Å²) in [4.78, 5) is 25.4. The molecular weight excluding hydrogens is 444 g/mol. The summed E-state index contributed by atoms with van der Waals surface area (Å²) in [6.45, 7) is 8.27. The van der Waals surface area contributed by atoms with Gasteiger partial charge in [0.05, 0.1) is 22.4 Å². The summed E-state index contributed by atoms with van der Waals surface area (Å²) in [5, 5.41) is 12.7. The molecule has 166 valence electrons. The number of carbonyl (C=O) groups excluding carboxylic acids is 2. The molecule has 32 heavy (non-hydrogen) atoms. The zero-order valence-corrected chi connectivity index (χ0v) is 19.6. The van der Waals surface area contributed by atoms with Gasteiger partial charge >= 0.3 is 0 Å². The molecule has 1 amide bonds. The molecule has 2 aromatic carbocycles. The lowest BCUT2D eigenvalue weighted by atomic mass is 10.0. The van der Waals surface area contributed by atoms with E-state index in [4.69, 9.17) is 11.6 Å². The fraction of sp³-hybridized carbons (Fsp3) is 0.250. The Labute approximate surface area is 197 Å². The summed E-state index contributed by atoms with van der Waals surface area (Å²) in [6.07, 6.45) is 1.74. The average Bonchev–Trinajstić information content (AvgIpc) is 3.18. The van der Waals surface area contributed by atoms with Crippen LogP contribution >= 0.6 is 23.4 Å². The number of rotatable bonds is 10. The van der Waals surface area contributed by atoms with Crippen LogP contribution in [0.5, 0.6) is 0 Å². The van der Waals surface area contributed by atoms with Crippen molar-refractivity contribution in [2.75, 3.05) is 5.75 Å². The fourth-order valence-corrected chi connectivity index (χ4v) is 4.24. The molecule has 0 aliphatic rings. The first-order valence-electron chi connectivity index (χ1n) is 10.2. The van der Waals surface area contributed by atoms with Crippen LogP contribution in [0, 0.1) is 5.92 Å². The van der Waals surface area contributed by atoms with Crippen LogP contribution in [0.25, 0.3) is 0 Å². The van der Waals surface area contributed by atoms with E-state index in [2.05, 4.69) is 22.1 Å². The Morgan fingerprint density at radius 3 is 2.47 bits per heavy atom. The number of benzene rings is 2. The molecule has 3 aromatic rings. The maximum absolute atomic E-state index is 12.9. The van der Waals surface area contributed by atoms with Gasteiger partial charge in [-0.2, -0.15) is 0 Å². The predicted molar refractivity (Wildman–Crippen MR) is 128 cm³/mol. The molecule has 0 aliphatic carbocycles. The lowest BCUT2D eigenvalue weighted by Gasteiger charge is -2.22. The zero-order chi connectivity index (χ0) is 23.1. The first-order valence-corrected chi connectivity index (χ1v) is 11.6. The van der Waals surface area contributed by atoms with E-state index in [0.29, 0.717) is 33.7 Å². The largest absolute Gasteiger partial charge is 0.342 e. The Balaban J connectivity index is 1.82. The highest BCUT2D eigenvalue weighted by molar-refractivity contribution is 7.99. The quantitative estimate of drug-likeness (QED) is 0.251. The predicted octanol–water partition coefficient (Wildman–Crippen LogP) is 5.22. The van der Waals surface area contributed by atoms with Gasteiger partial charge in [0, 0.05) is 12.1 Å². The van der Waals surface area contributed by atoms with Gasteiger partial charge in [0.1, 0.15) is 0 Å². The number of aromatic nitrogens is 3. The van der Waals surface area contributed by atoms with Gasteiger partial charge in [-0.15, -0.1) is 16.8 Å². The van der Waals surface area contributed by atoms with E-state index in [0.717, 1.165) is 0 Å². The Hall–Kier alpha value is -2.90. The molecule has 0 spiro atoms. The number of allylic oxidation sites excluding steroid dienone is 1. The second-order valence-electron chi connectivity index (χ2n) is 7.49. The van der Waals surface area contributed by atoms with Gasteiger partial charge in [0.15, 0.2) is 16.8 Å². The Morgan fingerprint density at radius 2 is 1.81 bits per heavy atom. The summed E-state index contributed by atoms with van der Waals surface area (Å²) in [5.74, 6) is 0.610. The number of amides is 1. The van der Waals surface area contributed by atoms with Crippen LogP contribution in [0.4, 0.5) is 0 Å². The van der Waals surface area contributed by atoms with Crippen LogP contribution in [-0.2, 0) is 6.54 Å². The van der Waals surface area contributed by atoms with Crippen LogP contribution in [0.3, 0.4) is 0 Å². The highest BCUT2D eigenvalue weighted by Crippen LogP contribution is 2.27. The van der Waals surface area contributed by atoms with E-state index in [9.17, 15) is 9.59 Å². The molecule has 3 rings (SSSR count). The standard InChI is InChI=1S/C24H25ClN4O2S/c1-4-14-29-22(21(16(2)3)26-23(31)18-12-8-9-13-19(18)25)27-28-24(29)32-15-20(30)17-10-6-5-7-11-17/h4-13,16,21H,1,14-15H2,2-3H3,(H,26,31)/t21-/m1/s1. The van der Waals surface area contributed by atoms with E-state index < -0.39 is 6.04 Å². The first-order chi connectivity index (χ1) is 15.4. The number of thioether (sulfide) groups is 1. The van der Waals surface area contributed by atoms with Crippen molar-refractivity contribution >= 4 is 35.1 Å². The number of nitrogens with zero attached hydrogens (tertiary/aromatic N) is 3. The van der Waals surface area contributed by atoms with Crippen molar-refractivity contribution in [2.24, 2.45) is 5.92 Å². The molecular formula is C24H25ClN4O2S. The first kappa shape index (κ1) is 23.8. The minimum atomic E-state index is -0.398. The molecule has 1 atom stereocenters. The second-order valence-corrected chi connectivity index (χ2v) is 8.84. The summed E-state index contributed by atoms with van der Waals surface area (Å²) < 4.78 is 1.88. The SMILES string of the molecule is C=CCn1c(SCC(=O)c2ccccc2)nnc1[C@H](NC(=O)c1ccccc1Cl)C(C)C. The molecule has 0 radical (unpaired) electrons. The van der Waals surface area contributed by atoms with Crippen molar-refractivity contribution in [1.29, 1.82) is 0 Å². The number of carbonyl (C=O) groups is 2. The van der Waals surface area contributed by atoms with Gasteiger partial charge in [-0.25, -0.2) is 0 Å². The van der Waals surface area contributed by atoms with E-state index in [1.165, 1.54) is 11.8 Å². The highest BCUT2D eigenvalue weighted by Gasteiger charge is 2.27. The monoisotopic (exact) mass is 468 g/mol. The number of halogens is 1. The van der Waals surface area contributed by atoms with Crippen molar-refractivity contribution < 1.29 is 9.59 Å². The number of ketones is 1. The number of nitrogens with one attached hydrogen (secondary N) is 1. The van der Waals surface area contributed by atoms with E-state index >= 15 is 0 Å². The number of Topliss-reactive ketones (excluding diaryl/α,β-unsaturated/α-hetero) is 1. The maximum Gasteiger partial charge on any atom is 0.253 e. The Bertz CT molecular complexity index is 1100. The van der Waals surface area contributed by atoms with E-state index in [-0.39, 0.29) is 23.4 Å². The smallest absolute Gasteiger partial charge is 0.253 e.